The Labute approximate surface area is 87.0 Å². The standard InChI is InChI=1S/C8H16O2.C4H6/c9-5-7-1-2-8(6-10)4-3-7;1-3-4-2/h7-10H,1-6H2;3-4H,1-2H2. The SMILES string of the molecule is C=CC=C.OCC1CCC(CO)CC1. The van der Waals surface area contributed by atoms with Crippen molar-refractivity contribution >= 4 is 0 Å². The first-order valence-corrected chi connectivity index (χ1v) is 5.23. The molecule has 0 aromatic heterocycles. The first-order valence-electron chi connectivity index (χ1n) is 5.23. The van der Waals surface area contributed by atoms with Gasteiger partial charge < -0.3 is 10.2 Å². The van der Waals surface area contributed by atoms with Gasteiger partial charge in [0.2, 0.25) is 0 Å². The zero-order valence-corrected chi connectivity index (χ0v) is 8.86. The number of rotatable bonds is 3. The van der Waals surface area contributed by atoms with Gasteiger partial charge >= 0.3 is 0 Å². The number of hydrogen-bond acceptors (Lipinski definition) is 2. The van der Waals surface area contributed by atoms with Crippen molar-refractivity contribution in [2.24, 2.45) is 11.8 Å². The molecule has 2 N–H and O–H groups in total. The van der Waals surface area contributed by atoms with Crippen LogP contribution in [0.2, 0.25) is 0 Å². The molecule has 1 fully saturated rings. The summed E-state index contributed by atoms with van der Waals surface area (Å²) in [5.41, 5.74) is 0. The Morgan fingerprint density at radius 2 is 1.14 bits per heavy atom. The topological polar surface area (TPSA) is 40.5 Å². The predicted octanol–water partition coefficient (Wildman–Crippen LogP) is 2.14. The third-order valence-corrected chi connectivity index (χ3v) is 2.65. The van der Waals surface area contributed by atoms with Crippen molar-refractivity contribution in [2.45, 2.75) is 25.7 Å². The van der Waals surface area contributed by atoms with Crippen molar-refractivity contribution in [3.05, 3.63) is 25.3 Å². The van der Waals surface area contributed by atoms with Crippen molar-refractivity contribution in [2.75, 3.05) is 13.2 Å². The van der Waals surface area contributed by atoms with E-state index in [2.05, 4.69) is 13.2 Å². The highest BCUT2D eigenvalue weighted by molar-refractivity contribution is 4.88. The van der Waals surface area contributed by atoms with Gasteiger partial charge in [0.15, 0.2) is 0 Å². The molecule has 2 nitrogen and oxygen atoms in total. The zero-order chi connectivity index (χ0) is 10.8. The quantitative estimate of drug-likeness (QED) is 0.682. The smallest absolute Gasteiger partial charge is 0.0459 e. The maximum absolute atomic E-state index is 8.79. The molecule has 0 amide bonds. The van der Waals surface area contributed by atoms with Gasteiger partial charge in [-0.25, -0.2) is 0 Å². The summed E-state index contributed by atoms with van der Waals surface area (Å²) in [6, 6.07) is 0. The molecule has 0 atom stereocenters. The van der Waals surface area contributed by atoms with Gasteiger partial charge in [0, 0.05) is 13.2 Å². The van der Waals surface area contributed by atoms with E-state index in [0.717, 1.165) is 25.7 Å². The normalized spacial score (nSPS) is 25.9. The Balaban J connectivity index is 0.000000364. The van der Waals surface area contributed by atoms with Crippen LogP contribution in [0.4, 0.5) is 0 Å². The highest BCUT2D eigenvalue weighted by Gasteiger charge is 2.19. The van der Waals surface area contributed by atoms with E-state index in [0.29, 0.717) is 25.0 Å². The molecule has 1 rings (SSSR count). The molecule has 0 radical (unpaired) electrons. The van der Waals surface area contributed by atoms with Crippen LogP contribution in [0.3, 0.4) is 0 Å². The number of allylic oxidation sites excluding steroid dienone is 2. The monoisotopic (exact) mass is 198 g/mol. The van der Waals surface area contributed by atoms with E-state index in [-0.39, 0.29) is 0 Å². The van der Waals surface area contributed by atoms with Gasteiger partial charge in [-0.1, -0.05) is 25.3 Å². The summed E-state index contributed by atoms with van der Waals surface area (Å²) in [7, 11) is 0. The lowest BCUT2D eigenvalue weighted by molar-refractivity contribution is 0.131. The first kappa shape index (κ1) is 13.4. The van der Waals surface area contributed by atoms with Crippen molar-refractivity contribution in [1.82, 2.24) is 0 Å². The van der Waals surface area contributed by atoms with Crippen LogP contribution in [0.1, 0.15) is 25.7 Å². The highest BCUT2D eigenvalue weighted by Crippen LogP contribution is 2.27. The Morgan fingerprint density at radius 3 is 1.29 bits per heavy atom. The third-order valence-electron chi connectivity index (χ3n) is 2.65. The van der Waals surface area contributed by atoms with Crippen molar-refractivity contribution in [3.63, 3.8) is 0 Å². The van der Waals surface area contributed by atoms with Crippen LogP contribution in [-0.2, 0) is 0 Å². The molecular weight excluding hydrogens is 176 g/mol. The average molecular weight is 198 g/mol. The maximum atomic E-state index is 8.79. The Bertz CT molecular complexity index is 128. The van der Waals surface area contributed by atoms with E-state index < -0.39 is 0 Å². The summed E-state index contributed by atoms with van der Waals surface area (Å²) in [6.07, 6.45) is 7.67. The lowest BCUT2D eigenvalue weighted by Gasteiger charge is -2.25. The molecule has 14 heavy (non-hydrogen) atoms. The molecular formula is C12H22O2. The van der Waals surface area contributed by atoms with Gasteiger partial charge in [-0.2, -0.15) is 0 Å². The summed E-state index contributed by atoms with van der Waals surface area (Å²) < 4.78 is 0. The van der Waals surface area contributed by atoms with Crippen molar-refractivity contribution in [1.29, 1.82) is 0 Å². The minimum absolute atomic E-state index is 0.331. The van der Waals surface area contributed by atoms with Gasteiger partial charge in [-0.15, -0.1) is 0 Å². The van der Waals surface area contributed by atoms with Crippen LogP contribution in [0.5, 0.6) is 0 Å². The number of aliphatic hydroxyl groups is 2. The van der Waals surface area contributed by atoms with Crippen LogP contribution in [0, 0.1) is 11.8 Å². The van der Waals surface area contributed by atoms with Crippen LogP contribution in [0.25, 0.3) is 0 Å². The molecule has 2 heteroatoms. The van der Waals surface area contributed by atoms with E-state index in [1.807, 2.05) is 0 Å². The Kier molecular flexibility index (Phi) is 8.59. The molecule has 0 bridgehead atoms. The second-order valence-electron chi connectivity index (χ2n) is 3.72. The number of hydrogen-bond donors (Lipinski definition) is 2. The second-order valence-corrected chi connectivity index (χ2v) is 3.72. The van der Waals surface area contributed by atoms with Crippen LogP contribution in [-0.4, -0.2) is 23.4 Å². The predicted molar refractivity (Wildman–Crippen MR) is 60.0 cm³/mol. The van der Waals surface area contributed by atoms with Gasteiger partial charge in [0.05, 0.1) is 0 Å². The molecule has 0 unspecified atom stereocenters. The summed E-state index contributed by atoms with van der Waals surface area (Å²) in [5, 5.41) is 17.6. The van der Waals surface area contributed by atoms with Gasteiger partial charge in [-0.05, 0) is 37.5 Å². The highest BCUT2D eigenvalue weighted by atomic mass is 16.3. The molecule has 0 aromatic rings. The second kappa shape index (κ2) is 8.97. The summed E-state index contributed by atoms with van der Waals surface area (Å²) in [4.78, 5) is 0. The van der Waals surface area contributed by atoms with E-state index in [4.69, 9.17) is 10.2 Å². The maximum Gasteiger partial charge on any atom is 0.0459 e. The fourth-order valence-corrected chi connectivity index (χ4v) is 1.60. The third kappa shape index (κ3) is 5.95. The van der Waals surface area contributed by atoms with Crippen LogP contribution >= 0.6 is 0 Å². The summed E-state index contributed by atoms with van der Waals surface area (Å²) in [5.74, 6) is 1.03. The van der Waals surface area contributed by atoms with Crippen LogP contribution < -0.4 is 0 Å². The Hall–Kier alpha value is -0.600. The fourth-order valence-electron chi connectivity index (χ4n) is 1.60. The van der Waals surface area contributed by atoms with E-state index in [9.17, 15) is 0 Å². The van der Waals surface area contributed by atoms with E-state index in [1.54, 1.807) is 12.2 Å². The molecule has 0 aliphatic heterocycles. The van der Waals surface area contributed by atoms with Crippen molar-refractivity contribution in [3.8, 4) is 0 Å². The van der Waals surface area contributed by atoms with Gasteiger partial charge in [-0.3, -0.25) is 0 Å². The Morgan fingerprint density at radius 1 is 0.857 bits per heavy atom. The molecule has 0 spiro atoms. The van der Waals surface area contributed by atoms with Crippen LogP contribution in [0.15, 0.2) is 25.3 Å². The average Bonchev–Trinajstić information content (AvgIpc) is 2.29. The van der Waals surface area contributed by atoms with Crippen molar-refractivity contribution < 1.29 is 10.2 Å². The minimum atomic E-state index is 0.331. The minimum Gasteiger partial charge on any atom is -0.396 e. The largest absolute Gasteiger partial charge is 0.396 e. The molecule has 1 aliphatic carbocycles. The lowest BCUT2D eigenvalue weighted by atomic mass is 9.83. The van der Waals surface area contributed by atoms with Gasteiger partial charge in [0.1, 0.15) is 0 Å². The fraction of sp³-hybridized carbons (Fsp3) is 0.667. The molecule has 1 saturated carbocycles. The van der Waals surface area contributed by atoms with Gasteiger partial charge in [0.25, 0.3) is 0 Å². The molecule has 1 aliphatic rings. The molecule has 0 heterocycles. The van der Waals surface area contributed by atoms with E-state index in [1.165, 1.54) is 0 Å². The summed E-state index contributed by atoms with van der Waals surface area (Å²) >= 11 is 0. The lowest BCUT2D eigenvalue weighted by Crippen LogP contribution is -2.19. The molecule has 0 saturated heterocycles. The zero-order valence-electron chi connectivity index (χ0n) is 8.86. The first-order chi connectivity index (χ1) is 6.78. The summed E-state index contributed by atoms with van der Waals surface area (Å²) in [6.45, 7) is 7.39. The number of aliphatic hydroxyl groups excluding tert-OH is 2. The van der Waals surface area contributed by atoms with E-state index >= 15 is 0 Å². The molecule has 0 aromatic carbocycles. The molecule has 82 valence electrons.